The van der Waals surface area contributed by atoms with Gasteiger partial charge in [0.05, 0.1) is 12.5 Å². The maximum Gasteiger partial charge on any atom is 0.228 e. The number of halogens is 1. The quantitative estimate of drug-likeness (QED) is 0.936. The van der Waals surface area contributed by atoms with E-state index in [1.54, 1.807) is 4.90 Å². The summed E-state index contributed by atoms with van der Waals surface area (Å²) in [4.78, 5) is 13.7. The Morgan fingerprint density at radius 1 is 1.42 bits per heavy atom. The average Bonchev–Trinajstić information content (AvgIpc) is 2.68. The number of nitrogens with one attached hydrogen (secondary N) is 1. The Kier molecular flexibility index (Phi) is 4.12. The van der Waals surface area contributed by atoms with Gasteiger partial charge in [0.1, 0.15) is 11.3 Å². The number of hydrogen-bond acceptors (Lipinski definition) is 3. The van der Waals surface area contributed by atoms with Crippen LogP contribution in [-0.2, 0) is 11.3 Å². The van der Waals surface area contributed by atoms with Crippen molar-refractivity contribution in [2.45, 2.75) is 6.54 Å². The molecule has 0 unspecified atom stereocenters. The first kappa shape index (κ1) is 13.9. The van der Waals surface area contributed by atoms with Gasteiger partial charge in [-0.15, -0.1) is 12.4 Å². The second-order valence-electron chi connectivity index (χ2n) is 4.80. The van der Waals surface area contributed by atoms with Gasteiger partial charge in [-0.1, -0.05) is 18.2 Å². The van der Waals surface area contributed by atoms with Crippen LogP contribution in [0.15, 0.2) is 34.7 Å². The summed E-state index contributed by atoms with van der Waals surface area (Å²) in [5, 5.41) is 4.19. The van der Waals surface area contributed by atoms with Crippen molar-refractivity contribution in [1.29, 1.82) is 0 Å². The van der Waals surface area contributed by atoms with E-state index in [2.05, 4.69) is 5.32 Å². The van der Waals surface area contributed by atoms with Crippen molar-refractivity contribution in [3.8, 4) is 0 Å². The predicted octanol–water partition coefficient (Wildman–Crippen LogP) is 2.03. The van der Waals surface area contributed by atoms with Crippen molar-refractivity contribution in [1.82, 2.24) is 10.2 Å². The summed E-state index contributed by atoms with van der Waals surface area (Å²) in [5.41, 5.74) is 0.874. The van der Waals surface area contributed by atoms with Crippen LogP contribution in [0.5, 0.6) is 0 Å². The maximum absolute atomic E-state index is 12.0. The molecule has 5 heteroatoms. The molecule has 1 fully saturated rings. The highest BCUT2D eigenvalue weighted by Gasteiger charge is 2.27. The van der Waals surface area contributed by atoms with Crippen LogP contribution in [0, 0.1) is 5.92 Å². The number of carbonyl (C=O) groups is 1. The summed E-state index contributed by atoms with van der Waals surface area (Å²) in [6.07, 6.45) is 0. The monoisotopic (exact) mass is 280 g/mol. The Balaban J connectivity index is 0.00000133. The highest BCUT2D eigenvalue weighted by Crippen LogP contribution is 2.20. The molecule has 1 aromatic carbocycles. The highest BCUT2D eigenvalue weighted by atomic mass is 35.5. The van der Waals surface area contributed by atoms with Crippen molar-refractivity contribution in [3.05, 3.63) is 36.1 Å². The molecule has 0 bridgehead atoms. The number of nitrogens with zero attached hydrogens (tertiary/aromatic N) is 1. The van der Waals surface area contributed by atoms with Crippen LogP contribution in [0.25, 0.3) is 11.0 Å². The van der Waals surface area contributed by atoms with Crippen LogP contribution in [0.4, 0.5) is 0 Å². The van der Waals surface area contributed by atoms with E-state index < -0.39 is 0 Å². The molecule has 3 rings (SSSR count). The molecule has 4 nitrogen and oxygen atoms in total. The molecule has 1 aliphatic rings. The summed E-state index contributed by atoms with van der Waals surface area (Å²) >= 11 is 0. The van der Waals surface area contributed by atoms with E-state index in [9.17, 15) is 4.79 Å². The van der Waals surface area contributed by atoms with Crippen LogP contribution in [-0.4, -0.2) is 30.9 Å². The summed E-state index contributed by atoms with van der Waals surface area (Å²) in [6.45, 7) is 2.12. The van der Waals surface area contributed by atoms with Crippen LogP contribution in [0.3, 0.4) is 0 Å². The van der Waals surface area contributed by atoms with E-state index in [4.69, 9.17) is 4.42 Å². The Hall–Kier alpha value is -1.52. The normalized spacial score (nSPS) is 14.8. The lowest BCUT2D eigenvalue weighted by Crippen LogP contribution is -2.50. The summed E-state index contributed by atoms with van der Waals surface area (Å²) in [6, 6.07) is 9.88. The van der Waals surface area contributed by atoms with Gasteiger partial charge in [0.2, 0.25) is 5.91 Å². The third-order valence-corrected chi connectivity index (χ3v) is 3.38. The fourth-order valence-electron chi connectivity index (χ4n) is 2.20. The van der Waals surface area contributed by atoms with Crippen LogP contribution >= 0.6 is 12.4 Å². The third kappa shape index (κ3) is 2.74. The average molecular weight is 281 g/mol. The molecule has 1 saturated heterocycles. The van der Waals surface area contributed by atoms with Gasteiger partial charge in [-0.3, -0.25) is 4.79 Å². The lowest BCUT2D eigenvalue weighted by Gasteiger charge is -2.29. The third-order valence-electron chi connectivity index (χ3n) is 3.38. The molecule has 2 heterocycles. The zero-order valence-corrected chi connectivity index (χ0v) is 11.6. The number of furan rings is 1. The summed E-state index contributed by atoms with van der Waals surface area (Å²) < 4.78 is 5.71. The molecular formula is C14H17ClN2O2. The minimum absolute atomic E-state index is 0. The predicted molar refractivity (Wildman–Crippen MR) is 76.3 cm³/mol. The van der Waals surface area contributed by atoms with Gasteiger partial charge in [-0.25, -0.2) is 0 Å². The fourth-order valence-corrected chi connectivity index (χ4v) is 2.20. The minimum atomic E-state index is 0. The van der Waals surface area contributed by atoms with Crippen LogP contribution in [0.2, 0.25) is 0 Å². The van der Waals surface area contributed by atoms with Gasteiger partial charge in [-0.05, 0) is 12.1 Å². The largest absolute Gasteiger partial charge is 0.459 e. The lowest BCUT2D eigenvalue weighted by atomic mass is 10.0. The number of benzene rings is 1. The summed E-state index contributed by atoms with van der Waals surface area (Å²) in [5.74, 6) is 1.16. The molecule has 1 N–H and O–H groups in total. The van der Waals surface area contributed by atoms with Gasteiger partial charge in [0.15, 0.2) is 0 Å². The van der Waals surface area contributed by atoms with Gasteiger partial charge >= 0.3 is 0 Å². The van der Waals surface area contributed by atoms with Crippen molar-refractivity contribution >= 4 is 29.3 Å². The molecular weight excluding hydrogens is 264 g/mol. The topological polar surface area (TPSA) is 45.5 Å². The van der Waals surface area contributed by atoms with Crippen molar-refractivity contribution in [2.24, 2.45) is 5.92 Å². The molecule has 19 heavy (non-hydrogen) atoms. The molecule has 0 spiro atoms. The van der Waals surface area contributed by atoms with Crippen molar-refractivity contribution in [2.75, 3.05) is 20.1 Å². The van der Waals surface area contributed by atoms with Gasteiger partial charge in [0.25, 0.3) is 0 Å². The van der Waals surface area contributed by atoms with E-state index in [1.807, 2.05) is 37.4 Å². The van der Waals surface area contributed by atoms with Crippen LogP contribution in [0.1, 0.15) is 5.76 Å². The molecule has 0 saturated carbocycles. The number of para-hydroxylation sites is 1. The molecule has 0 atom stereocenters. The Morgan fingerprint density at radius 2 is 2.16 bits per heavy atom. The van der Waals surface area contributed by atoms with E-state index in [1.165, 1.54) is 0 Å². The molecule has 0 radical (unpaired) electrons. The Labute approximate surface area is 118 Å². The van der Waals surface area contributed by atoms with Crippen LogP contribution < -0.4 is 5.32 Å². The number of hydrogen-bond donors (Lipinski definition) is 1. The Morgan fingerprint density at radius 3 is 2.79 bits per heavy atom. The Bertz CT molecular complexity index is 545. The number of carbonyl (C=O) groups excluding carboxylic acids is 1. The van der Waals surface area contributed by atoms with E-state index in [0.29, 0.717) is 6.54 Å². The molecule has 1 amide bonds. The van der Waals surface area contributed by atoms with Gasteiger partial charge < -0.3 is 14.6 Å². The zero-order chi connectivity index (χ0) is 12.5. The summed E-state index contributed by atoms with van der Waals surface area (Å²) in [7, 11) is 1.83. The SMILES string of the molecule is CN(Cc1cc2ccccc2o1)C(=O)C1CNC1.Cl. The first-order chi connectivity index (χ1) is 8.74. The van der Waals surface area contributed by atoms with E-state index in [0.717, 1.165) is 29.8 Å². The number of amides is 1. The molecule has 102 valence electrons. The first-order valence-corrected chi connectivity index (χ1v) is 6.17. The smallest absolute Gasteiger partial charge is 0.228 e. The fraction of sp³-hybridized carbons (Fsp3) is 0.357. The standard InChI is InChI=1S/C14H16N2O2.ClH/c1-16(14(17)11-7-15-8-11)9-12-6-10-4-2-3-5-13(10)18-12;/h2-6,11,15H,7-9H2,1H3;1H. The number of rotatable bonds is 3. The van der Waals surface area contributed by atoms with E-state index in [-0.39, 0.29) is 24.2 Å². The highest BCUT2D eigenvalue weighted by molar-refractivity contribution is 5.85. The van der Waals surface area contributed by atoms with Crippen molar-refractivity contribution in [3.63, 3.8) is 0 Å². The second kappa shape index (κ2) is 5.63. The van der Waals surface area contributed by atoms with Gasteiger partial charge in [0, 0.05) is 25.5 Å². The molecule has 0 aliphatic carbocycles. The zero-order valence-electron chi connectivity index (χ0n) is 10.8. The van der Waals surface area contributed by atoms with E-state index >= 15 is 0 Å². The first-order valence-electron chi connectivity index (χ1n) is 6.17. The van der Waals surface area contributed by atoms with Gasteiger partial charge in [-0.2, -0.15) is 0 Å². The molecule has 2 aromatic rings. The number of fused-ring (bicyclic) bond motifs is 1. The maximum atomic E-state index is 12.0. The minimum Gasteiger partial charge on any atom is -0.459 e. The molecule has 1 aromatic heterocycles. The second-order valence-corrected chi connectivity index (χ2v) is 4.80. The lowest BCUT2D eigenvalue weighted by molar-refractivity contribution is -0.136. The molecule has 1 aliphatic heterocycles. The van der Waals surface area contributed by atoms with Crippen molar-refractivity contribution < 1.29 is 9.21 Å².